The molecule has 4 nitrogen and oxygen atoms in total. The van der Waals surface area contributed by atoms with Gasteiger partial charge in [-0.3, -0.25) is 4.90 Å². The number of urea groups is 1. The molecule has 0 radical (unpaired) electrons. The van der Waals surface area contributed by atoms with Crippen LogP contribution < -0.4 is 9.80 Å². The topological polar surface area (TPSA) is 26.8 Å². The maximum Gasteiger partial charge on any atom is 0.324 e. The highest BCUT2D eigenvalue weighted by atomic mass is 16.2. The van der Waals surface area contributed by atoms with Crippen molar-refractivity contribution in [2.24, 2.45) is 0 Å². The lowest BCUT2D eigenvalue weighted by molar-refractivity contribution is 0.199. The fourth-order valence-electron chi connectivity index (χ4n) is 3.40. The predicted octanol–water partition coefficient (Wildman–Crippen LogP) is 2.82. The van der Waals surface area contributed by atoms with Crippen molar-refractivity contribution in [1.82, 2.24) is 4.90 Å². The van der Waals surface area contributed by atoms with Gasteiger partial charge in [-0.1, -0.05) is 36.4 Å². The number of amides is 2. The van der Waals surface area contributed by atoms with E-state index in [9.17, 15) is 4.79 Å². The first-order valence-electron chi connectivity index (χ1n) is 7.76. The van der Waals surface area contributed by atoms with Gasteiger partial charge in [-0.05, 0) is 24.3 Å². The summed E-state index contributed by atoms with van der Waals surface area (Å²) < 4.78 is 0. The Kier molecular flexibility index (Phi) is 3.22. The van der Waals surface area contributed by atoms with Crippen LogP contribution in [-0.4, -0.2) is 43.2 Å². The van der Waals surface area contributed by atoms with E-state index in [0.29, 0.717) is 0 Å². The van der Waals surface area contributed by atoms with Gasteiger partial charge in [0.25, 0.3) is 0 Å². The lowest BCUT2D eigenvalue weighted by atomic mass is 10.1. The highest BCUT2D eigenvalue weighted by Gasteiger charge is 2.41. The van der Waals surface area contributed by atoms with Gasteiger partial charge >= 0.3 is 6.03 Å². The fraction of sp³-hybridized carbons (Fsp3) is 0.278. The van der Waals surface area contributed by atoms with Crippen LogP contribution in [0.4, 0.5) is 16.2 Å². The van der Waals surface area contributed by atoms with Crippen molar-refractivity contribution in [3.8, 4) is 0 Å². The summed E-state index contributed by atoms with van der Waals surface area (Å²) in [5.74, 6) is 0. The number of fused-ring (bicyclic) bond motifs is 1. The highest BCUT2D eigenvalue weighted by molar-refractivity contribution is 5.94. The molecule has 0 spiro atoms. The molecule has 1 atom stereocenters. The quantitative estimate of drug-likeness (QED) is 0.851. The Labute approximate surface area is 130 Å². The Balaban J connectivity index is 1.53. The molecule has 112 valence electrons. The summed E-state index contributed by atoms with van der Waals surface area (Å²) in [7, 11) is 0. The molecule has 2 amide bonds. The third kappa shape index (κ3) is 2.21. The second-order valence-electron chi connectivity index (χ2n) is 5.86. The molecular weight excluding hydrogens is 274 g/mol. The van der Waals surface area contributed by atoms with Gasteiger partial charge in [-0.15, -0.1) is 0 Å². The highest BCUT2D eigenvalue weighted by Crippen LogP contribution is 2.27. The average Bonchev–Trinajstić information content (AvgIpc) is 2.93. The molecule has 2 heterocycles. The van der Waals surface area contributed by atoms with Crippen molar-refractivity contribution < 1.29 is 4.79 Å². The van der Waals surface area contributed by atoms with Crippen molar-refractivity contribution >= 4 is 17.4 Å². The van der Waals surface area contributed by atoms with Crippen molar-refractivity contribution in [2.45, 2.75) is 6.04 Å². The van der Waals surface area contributed by atoms with Gasteiger partial charge in [-0.25, -0.2) is 4.79 Å². The number of anilines is 2. The van der Waals surface area contributed by atoms with Crippen LogP contribution in [0.25, 0.3) is 0 Å². The van der Waals surface area contributed by atoms with Crippen LogP contribution in [0.5, 0.6) is 0 Å². The van der Waals surface area contributed by atoms with E-state index >= 15 is 0 Å². The predicted molar refractivity (Wildman–Crippen MR) is 88.3 cm³/mol. The Hall–Kier alpha value is -2.49. The molecule has 2 aliphatic rings. The number of hydrogen-bond acceptors (Lipinski definition) is 2. The van der Waals surface area contributed by atoms with E-state index in [4.69, 9.17) is 0 Å². The first kappa shape index (κ1) is 13.2. The molecule has 2 aromatic rings. The molecule has 4 heteroatoms. The van der Waals surface area contributed by atoms with Crippen LogP contribution in [0.3, 0.4) is 0 Å². The average molecular weight is 293 g/mol. The molecule has 0 aromatic heterocycles. The summed E-state index contributed by atoms with van der Waals surface area (Å²) in [5, 5.41) is 0. The molecule has 2 saturated heterocycles. The molecule has 2 aromatic carbocycles. The molecule has 0 aliphatic carbocycles. The second kappa shape index (κ2) is 5.37. The van der Waals surface area contributed by atoms with E-state index in [1.54, 1.807) is 0 Å². The van der Waals surface area contributed by atoms with E-state index in [0.717, 1.165) is 31.9 Å². The minimum absolute atomic E-state index is 0.143. The number of piperazine rings is 1. The zero-order valence-corrected chi connectivity index (χ0v) is 12.4. The number of hydrogen-bond donors (Lipinski definition) is 0. The molecule has 22 heavy (non-hydrogen) atoms. The summed E-state index contributed by atoms with van der Waals surface area (Å²) >= 11 is 0. The van der Waals surface area contributed by atoms with Gasteiger partial charge in [-0.2, -0.15) is 0 Å². The third-order valence-electron chi connectivity index (χ3n) is 4.54. The Bertz CT molecular complexity index is 659. The molecule has 1 unspecified atom stereocenters. The summed E-state index contributed by atoms with van der Waals surface area (Å²) in [6.07, 6.45) is 0. The van der Waals surface area contributed by atoms with Crippen molar-refractivity contribution in [2.75, 3.05) is 36.0 Å². The second-order valence-corrected chi connectivity index (χ2v) is 5.86. The van der Waals surface area contributed by atoms with Gasteiger partial charge in [0.15, 0.2) is 0 Å². The van der Waals surface area contributed by atoms with E-state index in [2.05, 4.69) is 29.2 Å². The zero-order valence-electron chi connectivity index (χ0n) is 12.4. The van der Waals surface area contributed by atoms with Gasteiger partial charge in [0, 0.05) is 37.6 Å². The maximum absolute atomic E-state index is 12.6. The summed E-state index contributed by atoms with van der Waals surface area (Å²) in [6, 6.07) is 20.8. The minimum Gasteiger partial charge on any atom is -0.368 e. The van der Waals surface area contributed by atoms with E-state index in [-0.39, 0.29) is 12.1 Å². The molecule has 0 bridgehead atoms. The number of carbonyl (C=O) groups excluding carboxylic acids is 1. The third-order valence-corrected chi connectivity index (χ3v) is 4.54. The smallest absolute Gasteiger partial charge is 0.324 e. The largest absolute Gasteiger partial charge is 0.368 e. The lowest BCUT2D eigenvalue weighted by Crippen LogP contribution is -2.52. The molecule has 4 rings (SSSR count). The molecule has 2 aliphatic heterocycles. The first-order valence-corrected chi connectivity index (χ1v) is 7.76. The molecule has 2 fully saturated rings. The number of para-hydroxylation sites is 2. The zero-order chi connectivity index (χ0) is 14.9. The van der Waals surface area contributed by atoms with Crippen LogP contribution in [0.15, 0.2) is 60.7 Å². The molecule has 0 saturated carbocycles. The number of nitrogens with zero attached hydrogens (tertiary/aromatic N) is 3. The van der Waals surface area contributed by atoms with Gasteiger partial charge in [0.2, 0.25) is 0 Å². The normalized spacial score (nSPS) is 21.2. The summed E-state index contributed by atoms with van der Waals surface area (Å²) in [5.41, 5.74) is 2.24. The molecule has 0 N–H and O–H groups in total. The van der Waals surface area contributed by atoms with Gasteiger partial charge < -0.3 is 9.80 Å². The monoisotopic (exact) mass is 293 g/mol. The number of carbonyl (C=O) groups is 1. The van der Waals surface area contributed by atoms with E-state index in [1.165, 1.54) is 5.69 Å². The lowest BCUT2D eigenvalue weighted by Gasteiger charge is -2.37. The van der Waals surface area contributed by atoms with E-state index in [1.807, 2.05) is 46.2 Å². The van der Waals surface area contributed by atoms with Crippen LogP contribution in [-0.2, 0) is 0 Å². The summed E-state index contributed by atoms with van der Waals surface area (Å²) in [4.78, 5) is 18.9. The SMILES string of the molecule is O=C1N(c2ccccc2)CC2CN(c3ccccc3)CCN12. The fourth-order valence-corrected chi connectivity index (χ4v) is 3.40. The van der Waals surface area contributed by atoms with E-state index < -0.39 is 0 Å². The van der Waals surface area contributed by atoms with Crippen molar-refractivity contribution in [1.29, 1.82) is 0 Å². The van der Waals surface area contributed by atoms with Gasteiger partial charge in [0.05, 0.1) is 6.04 Å². The van der Waals surface area contributed by atoms with Gasteiger partial charge in [0.1, 0.15) is 0 Å². The van der Waals surface area contributed by atoms with Crippen LogP contribution >= 0.6 is 0 Å². The molecular formula is C18H19N3O. The maximum atomic E-state index is 12.6. The standard InChI is InChI=1S/C18H19N3O/c22-18-20-12-11-19(15-7-3-1-4-8-15)13-17(20)14-21(18)16-9-5-2-6-10-16/h1-10,17H,11-14H2. The van der Waals surface area contributed by atoms with Crippen LogP contribution in [0, 0.1) is 0 Å². The minimum atomic E-state index is 0.143. The Morgan fingerprint density at radius 3 is 2.09 bits per heavy atom. The Morgan fingerprint density at radius 1 is 0.773 bits per heavy atom. The van der Waals surface area contributed by atoms with Crippen molar-refractivity contribution in [3.05, 3.63) is 60.7 Å². The van der Waals surface area contributed by atoms with Crippen LogP contribution in [0.2, 0.25) is 0 Å². The number of rotatable bonds is 2. The first-order chi connectivity index (χ1) is 10.8. The van der Waals surface area contributed by atoms with Crippen molar-refractivity contribution in [3.63, 3.8) is 0 Å². The summed E-state index contributed by atoms with van der Waals surface area (Å²) in [6.45, 7) is 3.36. The number of benzene rings is 2. The Morgan fingerprint density at radius 2 is 1.41 bits per heavy atom. The van der Waals surface area contributed by atoms with Crippen LogP contribution in [0.1, 0.15) is 0 Å².